The van der Waals surface area contributed by atoms with Crippen molar-refractivity contribution in [2.45, 2.75) is 6.18 Å². The summed E-state index contributed by atoms with van der Waals surface area (Å²) in [6.45, 7) is 0. The number of hydrogen-bond acceptors (Lipinski definition) is 3. The highest BCUT2D eigenvalue weighted by Gasteiger charge is 2.30. The van der Waals surface area contributed by atoms with Crippen molar-refractivity contribution in [3.63, 3.8) is 0 Å². The Morgan fingerprint density at radius 2 is 1.76 bits per heavy atom. The van der Waals surface area contributed by atoms with Crippen LogP contribution in [0.15, 0.2) is 36.5 Å². The van der Waals surface area contributed by atoms with Crippen LogP contribution in [0.4, 0.5) is 18.9 Å². The summed E-state index contributed by atoms with van der Waals surface area (Å²) in [5, 5.41) is 8.25. The van der Waals surface area contributed by atoms with Crippen LogP contribution < -0.4 is 5.73 Å². The molecule has 0 aliphatic carbocycles. The third-order valence-electron chi connectivity index (χ3n) is 2.97. The van der Waals surface area contributed by atoms with E-state index < -0.39 is 11.7 Å². The summed E-state index contributed by atoms with van der Waals surface area (Å²) >= 11 is 5.92. The molecule has 2 heterocycles. The minimum atomic E-state index is -4.38. The van der Waals surface area contributed by atoms with Gasteiger partial charge in [0.1, 0.15) is 0 Å². The third-order valence-corrected chi connectivity index (χ3v) is 3.18. The number of nitrogens with two attached hydrogens (primary N) is 1. The molecule has 0 aliphatic rings. The van der Waals surface area contributed by atoms with E-state index in [1.54, 1.807) is 10.6 Å². The first kappa shape index (κ1) is 13.7. The van der Waals surface area contributed by atoms with E-state index in [9.17, 15) is 13.2 Å². The molecule has 0 unspecified atom stereocenters. The molecular weight excluding hydrogens is 305 g/mol. The van der Waals surface area contributed by atoms with Gasteiger partial charge >= 0.3 is 6.18 Å². The Kier molecular flexibility index (Phi) is 3.02. The lowest BCUT2D eigenvalue weighted by Gasteiger charge is -2.07. The van der Waals surface area contributed by atoms with Crippen LogP contribution in [0.2, 0.25) is 5.02 Å². The van der Waals surface area contributed by atoms with Crippen LogP contribution in [0.3, 0.4) is 0 Å². The lowest BCUT2D eigenvalue weighted by Crippen LogP contribution is -2.04. The summed E-state index contributed by atoms with van der Waals surface area (Å²) in [6.07, 6.45) is -2.82. The second-order valence-corrected chi connectivity index (χ2v) is 4.84. The van der Waals surface area contributed by atoms with E-state index in [0.29, 0.717) is 27.7 Å². The molecule has 0 aliphatic heterocycles. The van der Waals surface area contributed by atoms with Crippen molar-refractivity contribution in [3.8, 4) is 11.4 Å². The van der Waals surface area contributed by atoms with Gasteiger partial charge in [-0.1, -0.05) is 23.7 Å². The maximum absolute atomic E-state index is 12.6. The molecule has 2 N–H and O–H groups in total. The van der Waals surface area contributed by atoms with Crippen molar-refractivity contribution in [1.29, 1.82) is 0 Å². The number of benzene rings is 1. The molecule has 108 valence electrons. The lowest BCUT2D eigenvalue weighted by molar-refractivity contribution is -0.137. The highest BCUT2D eigenvalue weighted by Crippen LogP contribution is 2.31. The summed E-state index contributed by atoms with van der Waals surface area (Å²) in [5.74, 6) is 0.368. The number of anilines is 1. The number of fused-ring (bicyclic) bond motifs is 1. The standard InChI is InChI=1S/C13H8ClF3N4/c14-9-5-10(18)12-20-19-11(21(12)6-9)7-1-3-8(4-2-7)13(15,16)17/h1-6H,18H2. The van der Waals surface area contributed by atoms with E-state index in [2.05, 4.69) is 10.2 Å². The van der Waals surface area contributed by atoms with E-state index >= 15 is 0 Å². The Morgan fingerprint density at radius 1 is 1.10 bits per heavy atom. The Labute approximate surface area is 122 Å². The van der Waals surface area contributed by atoms with Gasteiger partial charge in [0, 0.05) is 11.8 Å². The van der Waals surface area contributed by atoms with E-state index in [0.717, 1.165) is 12.1 Å². The van der Waals surface area contributed by atoms with Crippen molar-refractivity contribution in [3.05, 3.63) is 47.1 Å². The van der Waals surface area contributed by atoms with Crippen LogP contribution in [0.1, 0.15) is 5.56 Å². The maximum atomic E-state index is 12.6. The average molecular weight is 313 g/mol. The second kappa shape index (κ2) is 4.63. The predicted octanol–water partition coefficient (Wildman–Crippen LogP) is 3.65. The molecule has 0 saturated carbocycles. The molecule has 2 aromatic heterocycles. The van der Waals surface area contributed by atoms with E-state index in [-0.39, 0.29) is 0 Å². The highest BCUT2D eigenvalue weighted by molar-refractivity contribution is 6.30. The minimum absolute atomic E-state index is 0.341. The number of nitrogens with zero attached hydrogens (tertiary/aromatic N) is 3. The summed E-state index contributed by atoms with van der Waals surface area (Å²) in [6, 6.07) is 6.17. The van der Waals surface area contributed by atoms with Gasteiger partial charge in [-0.2, -0.15) is 13.2 Å². The molecule has 3 rings (SSSR count). The molecule has 3 aromatic rings. The zero-order valence-corrected chi connectivity index (χ0v) is 11.2. The van der Waals surface area contributed by atoms with E-state index in [4.69, 9.17) is 17.3 Å². The van der Waals surface area contributed by atoms with Crippen molar-refractivity contribution in [2.75, 3.05) is 5.73 Å². The molecule has 0 amide bonds. The predicted molar refractivity (Wildman–Crippen MR) is 72.8 cm³/mol. The molecule has 8 heteroatoms. The number of halogens is 4. The summed E-state index contributed by atoms with van der Waals surface area (Å²) < 4.78 is 39.2. The van der Waals surface area contributed by atoms with Crippen molar-refractivity contribution in [1.82, 2.24) is 14.6 Å². The summed E-state index contributed by atoms with van der Waals surface area (Å²) in [4.78, 5) is 0. The van der Waals surface area contributed by atoms with Gasteiger partial charge in [0.2, 0.25) is 0 Å². The van der Waals surface area contributed by atoms with Gasteiger partial charge in [-0.25, -0.2) is 0 Å². The van der Waals surface area contributed by atoms with Crippen LogP contribution in [0.5, 0.6) is 0 Å². The minimum Gasteiger partial charge on any atom is -0.396 e. The zero-order chi connectivity index (χ0) is 15.2. The molecule has 0 radical (unpaired) electrons. The fourth-order valence-electron chi connectivity index (χ4n) is 1.99. The Morgan fingerprint density at radius 3 is 2.38 bits per heavy atom. The fraction of sp³-hybridized carbons (Fsp3) is 0.0769. The molecule has 0 spiro atoms. The van der Waals surface area contributed by atoms with Crippen LogP contribution in [-0.4, -0.2) is 14.6 Å². The SMILES string of the molecule is Nc1cc(Cl)cn2c(-c3ccc(C(F)(F)F)cc3)nnc12. The van der Waals surface area contributed by atoms with Crippen LogP contribution in [0.25, 0.3) is 17.0 Å². The zero-order valence-electron chi connectivity index (χ0n) is 10.4. The average Bonchev–Trinajstić information content (AvgIpc) is 2.82. The Bertz CT molecular complexity index is 809. The van der Waals surface area contributed by atoms with Crippen molar-refractivity contribution in [2.24, 2.45) is 0 Å². The third kappa shape index (κ3) is 2.40. The number of rotatable bonds is 1. The maximum Gasteiger partial charge on any atom is 0.416 e. The molecule has 0 atom stereocenters. The first-order valence-corrected chi connectivity index (χ1v) is 6.21. The lowest BCUT2D eigenvalue weighted by atomic mass is 10.1. The van der Waals surface area contributed by atoms with Crippen LogP contribution in [-0.2, 0) is 6.18 Å². The van der Waals surface area contributed by atoms with Gasteiger partial charge in [0.25, 0.3) is 0 Å². The number of hydrogen-bond donors (Lipinski definition) is 1. The number of aromatic nitrogens is 3. The Hall–Kier alpha value is -2.28. The number of nitrogen functional groups attached to an aromatic ring is 1. The molecule has 0 fully saturated rings. The van der Waals surface area contributed by atoms with E-state index in [1.807, 2.05) is 0 Å². The van der Waals surface area contributed by atoms with Crippen molar-refractivity contribution >= 4 is 22.9 Å². The monoisotopic (exact) mass is 312 g/mol. The van der Waals surface area contributed by atoms with Gasteiger partial charge in [0.15, 0.2) is 11.5 Å². The van der Waals surface area contributed by atoms with Crippen LogP contribution in [0, 0.1) is 0 Å². The molecule has 1 aromatic carbocycles. The molecule has 0 bridgehead atoms. The van der Waals surface area contributed by atoms with Gasteiger partial charge in [-0.3, -0.25) is 4.40 Å². The number of alkyl halides is 3. The number of pyridine rings is 1. The normalized spacial score (nSPS) is 12.0. The smallest absolute Gasteiger partial charge is 0.396 e. The van der Waals surface area contributed by atoms with Gasteiger partial charge in [-0.05, 0) is 18.2 Å². The summed E-state index contributed by atoms with van der Waals surface area (Å²) in [5.41, 5.74) is 6.27. The molecule has 4 nitrogen and oxygen atoms in total. The topological polar surface area (TPSA) is 56.2 Å². The first-order chi connectivity index (χ1) is 9.86. The largest absolute Gasteiger partial charge is 0.416 e. The van der Waals surface area contributed by atoms with Crippen LogP contribution >= 0.6 is 11.6 Å². The van der Waals surface area contributed by atoms with Gasteiger partial charge in [-0.15, -0.1) is 10.2 Å². The van der Waals surface area contributed by atoms with E-state index in [1.165, 1.54) is 18.2 Å². The molecule has 21 heavy (non-hydrogen) atoms. The first-order valence-electron chi connectivity index (χ1n) is 5.83. The van der Waals surface area contributed by atoms with Crippen molar-refractivity contribution < 1.29 is 13.2 Å². The second-order valence-electron chi connectivity index (χ2n) is 4.41. The molecule has 0 saturated heterocycles. The summed E-state index contributed by atoms with van der Waals surface area (Å²) in [7, 11) is 0. The fourth-order valence-corrected chi connectivity index (χ4v) is 2.20. The quantitative estimate of drug-likeness (QED) is 0.746. The molecular formula is C13H8ClF3N4. The highest BCUT2D eigenvalue weighted by atomic mass is 35.5. The van der Waals surface area contributed by atoms with Gasteiger partial charge < -0.3 is 5.73 Å². The Balaban J connectivity index is 2.13. The van der Waals surface area contributed by atoms with Gasteiger partial charge in [0.05, 0.1) is 16.3 Å².